The van der Waals surface area contributed by atoms with Gasteiger partial charge >= 0.3 is 0 Å². The zero-order chi connectivity index (χ0) is 22.5. The summed E-state index contributed by atoms with van der Waals surface area (Å²) in [7, 11) is -7.93. The van der Waals surface area contributed by atoms with Crippen molar-refractivity contribution in [1.82, 2.24) is 10.2 Å². The summed E-state index contributed by atoms with van der Waals surface area (Å²) in [4.78, 5) is 0. The van der Waals surface area contributed by atoms with Crippen molar-refractivity contribution < 1.29 is 39.5 Å². The second-order valence-corrected chi connectivity index (χ2v) is 9.98. The minimum absolute atomic E-state index is 0.289. The minimum atomic E-state index is -3.96. The van der Waals surface area contributed by atoms with E-state index in [4.69, 9.17) is 13.5 Å². The summed E-state index contributed by atoms with van der Waals surface area (Å²) in [6.07, 6.45) is 7.58. The Labute approximate surface area is 179 Å². The first-order valence-corrected chi connectivity index (χ1v) is 12.5. The Balaban J connectivity index is 1.60. The standard InChI is InChI=1S/C18H20N4O7S2/c23-30(24,25)13-1-7-21-9-3-15(4-10-21)17-19-20-18(29-17)16-5-11-22(12-6-16)8-2-14-31(26,27)28/h3-6,9-12H,1-2,7-8,13-14H2/p+2. The number of pyridine rings is 2. The molecule has 3 aromatic heterocycles. The van der Waals surface area contributed by atoms with Gasteiger partial charge in [0.25, 0.3) is 20.2 Å². The molecular formula is C18H22N4O7S2+2. The lowest BCUT2D eigenvalue weighted by Gasteiger charge is -1.98. The fraction of sp³-hybridized carbons (Fsp3) is 0.333. The summed E-state index contributed by atoms with van der Waals surface area (Å²) in [5.74, 6) is 0.0496. The molecule has 0 aliphatic carbocycles. The van der Waals surface area contributed by atoms with Crippen molar-refractivity contribution in [2.45, 2.75) is 25.9 Å². The van der Waals surface area contributed by atoms with Crippen molar-refractivity contribution in [1.29, 1.82) is 0 Å². The van der Waals surface area contributed by atoms with Crippen LogP contribution in [0.15, 0.2) is 53.5 Å². The van der Waals surface area contributed by atoms with Gasteiger partial charge in [0.2, 0.25) is 11.8 Å². The molecule has 0 aromatic carbocycles. The molecule has 2 N–H and O–H groups in total. The molecular weight excluding hydrogens is 448 g/mol. The largest absolute Gasteiger partial charge is 0.416 e. The maximum atomic E-state index is 10.8. The number of aryl methyl sites for hydroxylation is 2. The van der Waals surface area contributed by atoms with Crippen LogP contribution in [0.5, 0.6) is 0 Å². The van der Waals surface area contributed by atoms with Gasteiger partial charge in [-0.25, -0.2) is 9.13 Å². The number of nitrogens with zero attached hydrogens (tertiary/aromatic N) is 4. The molecule has 0 aliphatic rings. The monoisotopic (exact) mass is 470 g/mol. The summed E-state index contributed by atoms with van der Waals surface area (Å²) in [6.45, 7) is 0.868. The first kappa shape index (κ1) is 22.9. The van der Waals surface area contributed by atoms with Gasteiger partial charge in [-0.1, -0.05) is 0 Å². The van der Waals surface area contributed by atoms with Gasteiger partial charge < -0.3 is 4.42 Å². The van der Waals surface area contributed by atoms with Gasteiger partial charge in [-0.3, -0.25) is 9.11 Å². The average molecular weight is 471 g/mol. The molecule has 0 saturated carbocycles. The molecule has 3 rings (SSSR count). The van der Waals surface area contributed by atoms with Gasteiger partial charge in [-0.05, 0) is 0 Å². The van der Waals surface area contributed by atoms with Crippen LogP contribution in [0.3, 0.4) is 0 Å². The molecule has 0 radical (unpaired) electrons. The highest BCUT2D eigenvalue weighted by molar-refractivity contribution is 7.86. The Morgan fingerprint density at radius 1 is 0.710 bits per heavy atom. The van der Waals surface area contributed by atoms with Crippen molar-refractivity contribution >= 4 is 20.2 Å². The Morgan fingerprint density at radius 3 is 1.39 bits per heavy atom. The smallest absolute Gasteiger partial charge is 0.265 e. The number of rotatable bonds is 10. The second kappa shape index (κ2) is 9.60. The van der Waals surface area contributed by atoms with Crippen molar-refractivity contribution in [3.05, 3.63) is 49.1 Å². The molecule has 31 heavy (non-hydrogen) atoms. The zero-order valence-corrected chi connectivity index (χ0v) is 18.0. The van der Waals surface area contributed by atoms with Crippen LogP contribution in [0.4, 0.5) is 0 Å². The summed E-state index contributed by atoms with van der Waals surface area (Å²) in [5.41, 5.74) is 1.39. The van der Waals surface area contributed by atoms with Gasteiger partial charge in [0.05, 0.1) is 22.6 Å². The molecule has 166 valence electrons. The molecule has 0 saturated heterocycles. The van der Waals surface area contributed by atoms with E-state index in [0.29, 0.717) is 36.0 Å². The molecule has 0 spiro atoms. The zero-order valence-electron chi connectivity index (χ0n) is 16.4. The molecule has 3 aromatic rings. The van der Waals surface area contributed by atoms with E-state index in [1.165, 1.54) is 0 Å². The van der Waals surface area contributed by atoms with Gasteiger partial charge in [-0.2, -0.15) is 16.8 Å². The molecule has 0 amide bonds. The first-order valence-electron chi connectivity index (χ1n) is 9.32. The molecule has 13 heteroatoms. The molecule has 0 aliphatic heterocycles. The van der Waals surface area contributed by atoms with E-state index in [1.807, 2.05) is 0 Å². The van der Waals surface area contributed by atoms with E-state index in [1.54, 1.807) is 58.2 Å². The van der Waals surface area contributed by atoms with Crippen molar-refractivity contribution in [2.24, 2.45) is 0 Å². The van der Waals surface area contributed by atoms with E-state index >= 15 is 0 Å². The lowest BCUT2D eigenvalue weighted by atomic mass is 10.2. The molecule has 0 fully saturated rings. The Kier molecular flexibility index (Phi) is 7.10. The third kappa shape index (κ3) is 7.47. The maximum absolute atomic E-state index is 10.8. The lowest BCUT2D eigenvalue weighted by Crippen LogP contribution is -2.33. The Bertz CT molecular complexity index is 1130. The number of hydrogen-bond acceptors (Lipinski definition) is 7. The van der Waals surface area contributed by atoms with Crippen LogP contribution in [0.1, 0.15) is 12.8 Å². The third-order valence-electron chi connectivity index (χ3n) is 4.34. The van der Waals surface area contributed by atoms with Crippen LogP contribution in [-0.2, 0) is 33.3 Å². The predicted molar refractivity (Wildman–Crippen MR) is 108 cm³/mol. The van der Waals surface area contributed by atoms with Crippen LogP contribution in [0.25, 0.3) is 22.9 Å². The molecule has 0 atom stereocenters. The van der Waals surface area contributed by atoms with Crippen molar-refractivity contribution in [3.63, 3.8) is 0 Å². The number of aromatic nitrogens is 4. The van der Waals surface area contributed by atoms with Crippen LogP contribution < -0.4 is 9.13 Å². The van der Waals surface area contributed by atoms with E-state index in [2.05, 4.69) is 10.2 Å². The van der Waals surface area contributed by atoms with Crippen molar-refractivity contribution in [3.8, 4) is 22.9 Å². The summed E-state index contributed by atoms with van der Waals surface area (Å²) < 4.78 is 69.9. The quantitative estimate of drug-likeness (QED) is 0.319. The maximum Gasteiger partial charge on any atom is 0.265 e. The summed E-state index contributed by atoms with van der Waals surface area (Å²) in [5, 5.41) is 8.09. The van der Waals surface area contributed by atoms with Crippen LogP contribution in [0.2, 0.25) is 0 Å². The topological polar surface area (TPSA) is 155 Å². The first-order chi connectivity index (χ1) is 14.6. The summed E-state index contributed by atoms with van der Waals surface area (Å²) in [6, 6.07) is 7.05. The van der Waals surface area contributed by atoms with Crippen molar-refractivity contribution in [2.75, 3.05) is 11.5 Å². The Morgan fingerprint density at radius 2 is 1.06 bits per heavy atom. The van der Waals surface area contributed by atoms with E-state index in [-0.39, 0.29) is 24.3 Å². The van der Waals surface area contributed by atoms with Crippen LogP contribution in [-0.4, -0.2) is 47.6 Å². The van der Waals surface area contributed by atoms with E-state index < -0.39 is 20.2 Å². The highest BCUT2D eigenvalue weighted by atomic mass is 32.2. The fourth-order valence-corrected chi connectivity index (χ4v) is 3.80. The third-order valence-corrected chi connectivity index (χ3v) is 5.95. The molecule has 0 unspecified atom stereocenters. The van der Waals surface area contributed by atoms with Crippen LogP contribution >= 0.6 is 0 Å². The highest BCUT2D eigenvalue weighted by Crippen LogP contribution is 2.22. The lowest BCUT2D eigenvalue weighted by molar-refractivity contribution is -0.696. The molecule has 11 nitrogen and oxygen atoms in total. The van der Waals surface area contributed by atoms with Gasteiger partial charge in [0, 0.05) is 37.1 Å². The highest BCUT2D eigenvalue weighted by Gasteiger charge is 2.14. The second-order valence-electron chi connectivity index (χ2n) is 6.84. The predicted octanol–water partition coefficient (Wildman–Crippen LogP) is 0.534. The van der Waals surface area contributed by atoms with E-state index in [0.717, 1.165) is 0 Å². The SMILES string of the molecule is O=S(=O)(O)CCC[n+]1ccc(-c2nnc(-c3cc[n+](CCCS(=O)(=O)O)cc3)o2)cc1. The minimum Gasteiger partial charge on any atom is -0.416 e. The van der Waals surface area contributed by atoms with Gasteiger partial charge in [-0.15, -0.1) is 10.2 Å². The fourth-order valence-electron chi connectivity index (χ4n) is 2.81. The normalized spacial score (nSPS) is 12.2. The summed E-state index contributed by atoms with van der Waals surface area (Å²) >= 11 is 0. The Hall–Kier alpha value is -2.74. The van der Waals surface area contributed by atoms with E-state index in [9.17, 15) is 16.8 Å². The number of hydrogen-bond donors (Lipinski definition) is 2. The van der Waals surface area contributed by atoms with Gasteiger partial charge in [0.1, 0.15) is 13.1 Å². The average Bonchev–Trinajstić information content (AvgIpc) is 3.17. The molecule has 3 heterocycles. The van der Waals surface area contributed by atoms with Crippen LogP contribution in [0, 0.1) is 0 Å². The molecule has 0 bridgehead atoms. The van der Waals surface area contributed by atoms with Gasteiger partial charge in [0.15, 0.2) is 24.8 Å².